The molecule has 0 bridgehead atoms. The summed E-state index contributed by atoms with van der Waals surface area (Å²) in [6.45, 7) is 11.7. The standard InChI is InChI=1S/C72H136O17P2/c1-8-10-11-12-13-14-15-16-17-20-23-26-31-39-46-53-69(74)82-59-67(88-71(76)55-48-41-32-27-24-21-18-19-22-25-29-36-43-50-63(3)4)61-86-90(78,79)84-57-66(73)58-85-91(80,81)87-62-68(89-72(77)56-49-42-33-28-30-37-44-51-64(5)6)60-83-70(75)54-47-40-35-34-38-45-52-65(7)9-2/h14-17,63-68,73H,8-13,18-62H2,1-7H3,(H,78,79)(H,80,81)/b15-14-,17-16-/t65?,66-,67-,68-/m1/s1. The minimum absolute atomic E-state index is 0.0997. The minimum atomic E-state index is -4.96. The van der Waals surface area contributed by atoms with Crippen molar-refractivity contribution in [3.8, 4) is 0 Å². The van der Waals surface area contributed by atoms with Gasteiger partial charge in [-0.05, 0) is 69.1 Å². The summed E-state index contributed by atoms with van der Waals surface area (Å²) in [5.74, 6) is 0.0500. The number of rotatable bonds is 68. The number of unbranched alkanes of at least 4 members (excludes halogenated alkanes) is 32. The fourth-order valence-corrected chi connectivity index (χ4v) is 11.9. The molecule has 0 aliphatic rings. The third kappa shape index (κ3) is 64.6. The van der Waals surface area contributed by atoms with Gasteiger partial charge in [0.15, 0.2) is 12.2 Å². The van der Waals surface area contributed by atoms with Crippen LogP contribution in [0.1, 0.15) is 337 Å². The second kappa shape index (κ2) is 62.4. The molecule has 0 rings (SSSR count). The van der Waals surface area contributed by atoms with E-state index in [1.807, 2.05) is 0 Å². The molecule has 17 nitrogen and oxygen atoms in total. The normalized spacial score (nSPS) is 14.6. The summed E-state index contributed by atoms with van der Waals surface area (Å²) in [4.78, 5) is 72.6. The molecular weight excluding hydrogens is 1200 g/mol. The van der Waals surface area contributed by atoms with Crippen molar-refractivity contribution in [1.82, 2.24) is 0 Å². The third-order valence-electron chi connectivity index (χ3n) is 16.4. The molecule has 0 saturated heterocycles. The van der Waals surface area contributed by atoms with E-state index in [1.165, 1.54) is 122 Å². The smallest absolute Gasteiger partial charge is 0.462 e. The highest BCUT2D eigenvalue weighted by Crippen LogP contribution is 2.45. The molecule has 0 saturated carbocycles. The summed E-state index contributed by atoms with van der Waals surface area (Å²) in [7, 11) is -9.92. The van der Waals surface area contributed by atoms with Gasteiger partial charge in [-0.3, -0.25) is 37.3 Å². The molecule has 3 N–H and O–H groups in total. The number of aliphatic hydroxyl groups excluding tert-OH is 1. The van der Waals surface area contributed by atoms with Crippen molar-refractivity contribution in [2.45, 2.75) is 356 Å². The molecule has 0 aromatic carbocycles. The predicted molar refractivity (Wildman–Crippen MR) is 367 cm³/mol. The number of hydrogen-bond donors (Lipinski definition) is 3. The Morgan fingerprint density at radius 2 is 0.648 bits per heavy atom. The minimum Gasteiger partial charge on any atom is -0.462 e. The van der Waals surface area contributed by atoms with E-state index in [9.17, 15) is 43.2 Å². The van der Waals surface area contributed by atoms with Crippen molar-refractivity contribution in [2.75, 3.05) is 39.6 Å². The Kier molecular flexibility index (Phi) is 60.7. The van der Waals surface area contributed by atoms with E-state index in [0.29, 0.717) is 31.6 Å². The van der Waals surface area contributed by atoms with E-state index >= 15 is 0 Å². The van der Waals surface area contributed by atoms with Crippen LogP contribution in [0.3, 0.4) is 0 Å². The maximum atomic E-state index is 13.0. The average Bonchev–Trinajstić information content (AvgIpc) is 2.10. The zero-order valence-electron chi connectivity index (χ0n) is 58.8. The van der Waals surface area contributed by atoms with E-state index in [0.717, 1.165) is 127 Å². The van der Waals surface area contributed by atoms with Gasteiger partial charge in [-0.1, -0.05) is 285 Å². The van der Waals surface area contributed by atoms with Crippen LogP contribution in [-0.2, 0) is 65.4 Å². The Bertz CT molecular complexity index is 1880. The number of phosphoric acid groups is 2. The third-order valence-corrected chi connectivity index (χ3v) is 18.3. The predicted octanol–water partition coefficient (Wildman–Crippen LogP) is 20.2. The maximum Gasteiger partial charge on any atom is 0.472 e. The highest BCUT2D eigenvalue weighted by molar-refractivity contribution is 7.47. The van der Waals surface area contributed by atoms with Crippen LogP contribution in [0.25, 0.3) is 0 Å². The van der Waals surface area contributed by atoms with Crippen LogP contribution in [0.2, 0.25) is 0 Å². The first-order valence-electron chi connectivity index (χ1n) is 36.7. The van der Waals surface area contributed by atoms with Gasteiger partial charge in [-0.2, -0.15) is 0 Å². The van der Waals surface area contributed by atoms with Crippen LogP contribution in [0.5, 0.6) is 0 Å². The van der Waals surface area contributed by atoms with E-state index in [2.05, 4.69) is 72.8 Å². The molecule has 6 atom stereocenters. The monoisotopic (exact) mass is 1330 g/mol. The van der Waals surface area contributed by atoms with Gasteiger partial charge in [-0.15, -0.1) is 0 Å². The van der Waals surface area contributed by atoms with Gasteiger partial charge in [0.2, 0.25) is 0 Å². The molecule has 91 heavy (non-hydrogen) atoms. The fraction of sp³-hybridized carbons (Fsp3) is 0.889. The van der Waals surface area contributed by atoms with Crippen molar-refractivity contribution >= 4 is 39.5 Å². The maximum absolute atomic E-state index is 13.0. The molecule has 0 fully saturated rings. The first-order valence-corrected chi connectivity index (χ1v) is 39.7. The molecule has 0 amide bonds. The molecular formula is C72H136O17P2. The lowest BCUT2D eigenvalue weighted by Crippen LogP contribution is -2.30. The molecule has 0 spiro atoms. The zero-order chi connectivity index (χ0) is 67.3. The van der Waals surface area contributed by atoms with Crippen molar-refractivity contribution in [1.29, 1.82) is 0 Å². The second-order valence-electron chi connectivity index (χ2n) is 26.5. The summed E-state index contributed by atoms with van der Waals surface area (Å²) >= 11 is 0. The number of hydrogen-bond acceptors (Lipinski definition) is 15. The Morgan fingerprint density at radius 3 is 0.978 bits per heavy atom. The van der Waals surface area contributed by atoms with Gasteiger partial charge < -0.3 is 33.8 Å². The van der Waals surface area contributed by atoms with E-state index in [-0.39, 0.29) is 25.7 Å². The summed E-state index contributed by atoms with van der Waals surface area (Å²) in [5, 5.41) is 10.6. The highest BCUT2D eigenvalue weighted by Gasteiger charge is 2.30. The summed E-state index contributed by atoms with van der Waals surface area (Å²) in [6.07, 6.45) is 49.5. The molecule has 0 aliphatic heterocycles. The quantitative estimate of drug-likeness (QED) is 0.0169. The van der Waals surface area contributed by atoms with E-state index in [4.69, 9.17) is 37.0 Å². The molecule has 0 aliphatic carbocycles. The molecule has 0 radical (unpaired) electrons. The van der Waals surface area contributed by atoms with Crippen LogP contribution in [0.15, 0.2) is 24.3 Å². The lowest BCUT2D eigenvalue weighted by Gasteiger charge is -2.21. The Hall–Kier alpha value is -2.46. The summed E-state index contributed by atoms with van der Waals surface area (Å²) in [6, 6.07) is 0. The number of carbonyl (C=O) groups excluding carboxylic acids is 4. The Morgan fingerprint density at radius 1 is 0.363 bits per heavy atom. The Balaban J connectivity index is 5.28. The topological polar surface area (TPSA) is 237 Å². The molecule has 19 heteroatoms. The van der Waals surface area contributed by atoms with Gasteiger partial charge in [0.25, 0.3) is 0 Å². The largest absolute Gasteiger partial charge is 0.472 e. The number of allylic oxidation sites excluding steroid dienone is 4. The number of ether oxygens (including phenoxy) is 4. The molecule has 536 valence electrons. The van der Waals surface area contributed by atoms with Crippen LogP contribution in [-0.4, -0.2) is 96.7 Å². The van der Waals surface area contributed by atoms with Gasteiger partial charge in [0, 0.05) is 25.7 Å². The van der Waals surface area contributed by atoms with Crippen molar-refractivity contribution < 1.29 is 80.2 Å². The van der Waals surface area contributed by atoms with Crippen molar-refractivity contribution in [3.05, 3.63) is 24.3 Å². The van der Waals surface area contributed by atoms with Gasteiger partial charge in [0.1, 0.15) is 19.3 Å². The first-order chi connectivity index (χ1) is 43.8. The van der Waals surface area contributed by atoms with Gasteiger partial charge >= 0.3 is 39.5 Å². The van der Waals surface area contributed by atoms with Crippen LogP contribution in [0.4, 0.5) is 0 Å². The van der Waals surface area contributed by atoms with E-state index < -0.39 is 97.5 Å². The van der Waals surface area contributed by atoms with Gasteiger partial charge in [-0.25, -0.2) is 9.13 Å². The van der Waals surface area contributed by atoms with Gasteiger partial charge in [0.05, 0.1) is 26.4 Å². The lowest BCUT2D eigenvalue weighted by atomic mass is 10.00. The first kappa shape index (κ1) is 88.5. The highest BCUT2D eigenvalue weighted by atomic mass is 31.2. The number of esters is 4. The number of carbonyl (C=O) groups is 4. The van der Waals surface area contributed by atoms with Crippen molar-refractivity contribution in [3.63, 3.8) is 0 Å². The summed E-state index contributed by atoms with van der Waals surface area (Å²) in [5.41, 5.74) is 0. The zero-order valence-corrected chi connectivity index (χ0v) is 60.6. The summed E-state index contributed by atoms with van der Waals surface area (Å²) < 4.78 is 68.3. The lowest BCUT2D eigenvalue weighted by molar-refractivity contribution is -0.161. The Labute approximate surface area is 554 Å². The number of phosphoric ester groups is 2. The molecule has 0 aromatic heterocycles. The van der Waals surface area contributed by atoms with E-state index in [1.54, 1.807) is 0 Å². The molecule has 0 aromatic rings. The number of aliphatic hydroxyl groups is 1. The second-order valence-corrected chi connectivity index (χ2v) is 29.4. The average molecular weight is 1340 g/mol. The van der Waals surface area contributed by atoms with Crippen LogP contribution >= 0.6 is 15.6 Å². The van der Waals surface area contributed by atoms with Crippen molar-refractivity contribution in [2.24, 2.45) is 17.8 Å². The molecule has 3 unspecified atom stereocenters. The fourth-order valence-electron chi connectivity index (χ4n) is 10.3. The molecule has 0 heterocycles. The SMILES string of the molecule is CCCCCC/C=C\C=C/CCCCCCCC(=O)OC[C@H](COP(=O)(O)OC[C@@H](O)COP(=O)(O)OC[C@@H](COC(=O)CCCCCCCCC(C)CC)OC(=O)CCCCCCCCCC(C)C)OC(=O)CCCCCCCCCCCCCCCC(C)C. The van der Waals surface area contributed by atoms with Crippen LogP contribution < -0.4 is 0 Å². The van der Waals surface area contributed by atoms with Crippen LogP contribution in [0, 0.1) is 17.8 Å².